The van der Waals surface area contributed by atoms with Crippen molar-refractivity contribution in [3.63, 3.8) is 0 Å². The first-order chi connectivity index (χ1) is 11.5. The van der Waals surface area contributed by atoms with E-state index in [0.29, 0.717) is 38.7 Å². The van der Waals surface area contributed by atoms with Crippen LogP contribution in [0.4, 0.5) is 10.1 Å². The number of halogens is 3. The van der Waals surface area contributed by atoms with Gasteiger partial charge in [0.2, 0.25) is 0 Å². The third-order valence-electron chi connectivity index (χ3n) is 3.66. The molecule has 128 valence electrons. The van der Waals surface area contributed by atoms with Crippen molar-refractivity contribution < 1.29 is 13.2 Å². The second-order valence-corrected chi connectivity index (χ2v) is 6.67. The standard InChI is InChI=1S/C16H16BrClFN3O2/c1-8(19)10(20)5-12-14(17)15-16(24-12)11(6-13(18)22-15)21-7-9-3-2-4-23-9/h2-4,6,8,10H,5,7,20H2,1H3,(H,21,22)/t8-,10+/m0/s1. The van der Waals surface area contributed by atoms with Crippen LogP contribution in [0.5, 0.6) is 0 Å². The molecule has 8 heteroatoms. The van der Waals surface area contributed by atoms with Gasteiger partial charge in [-0.05, 0) is 35.0 Å². The average molecular weight is 417 g/mol. The van der Waals surface area contributed by atoms with Gasteiger partial charge in [0.25, 0.3) is 0 Å². The van der Waals surface area contributed by atoms with Crippen molar-refractivity contribution in [2.24, 2.45) is 5.73 Å². The summed E-state index contributed by atoms with van der Waals surface area (Å²) >= 11 is 9.55. The van der Waals surface area contributed by atoms with Crippen molar-refractivity contribution in [2.45, 2.75) is 32.1 Å². The van der Waals surface area contributed by atoms with Gasteiger partial charge >= 0.3 is 0 Å². The number of hydrogen-bond acceptors (Lipinski definition) is 5. The molecular formula is C16H16BrClFN3O2. The second-order valence-electron chi connectivity index (χ2n) is 5.49. The lowest BCUT2D eigenvalue weighted by atomic mass is 10.1. The molecular weight excluding hydrogens is 401 g/mol. The molecule has 2 atom stereocenters. The van der Waals surface area contributed by atoms with Gasteiger partial charge in [0, 0.05) is 18.5 Å². The van der Waals surface area contributed by atoms with E-state index in [1.54, 1.807) is 12.3 Å². The van der Waals surface area contributed by atoms with Gasteiger partial charge in [-0.3, -0.25) is 0 Å². The van der Waals surface area contributed by atoms with Crippen molar-refractivity contribution in [1.29, 1.82) is 0 Å². The normalized spacial score (nSPS) is 14.0. The first kappa shape index (κ1) is 17.3. The highest BCUT2D eigenvalue weighted by Crippen LogP contribution is 2.36. The fraction of sp³-hybridized carbons (Fsp3) is 0.312. The third-order valence-corrected chi connectivity index (χ3v) is 4.68. The van der Waals surface area contributed by atoms with Crippen molar-refractivity contribution in [3.05, 3.63) is 45.6 Å². The summed E-state index contributed by atoms with van der Waals surface area (Å²) in [5, 5.41) is 3.53. The van der Waals surface area contributed by atoms with E-state index >= 15 is 0 Å². The van der Waals surface area contributed by atoms with E-state index in [1.807, 2.05) is 12.1 Å². The zero-order valence-electron chi connectivity index (χ0n) is 12.9. The van der Waals surface area contributed by atoms with E-state index in [-0.39, 0.29) is 6.42 Å². The average Bonchev–Trinajstić information content (AvgIpc) is 3.15. The summed E-state index contributed by atoms with van der Waals surface area (Å²) in [5.41, 5.74) is 7.58. The Labute approximate surface area is 151 Å². The Hall–Kier alpha value is -1.57. The predicted molar refractivity (Wildman–Crippen MR) is 95.0 cm³/mol. The highest BCUT2D eigenvalue weighted by Gasteiger charge is 2.21. The maximum Gasteiger partial charge on any atom is 0.177 e. The van der Waals surface area contributed by atoms with Gasteiger partial charge < -0.3 is 19.9 Å². The van der Waals surface area contributed by atoms with Crippen LogP contribution in [0.2, 0.25) is 5.15 Å². The van der Waals surface area contributed by atoms with Crippen LogP contribution in [0.15, 0.2) is 37.8 Å². The number of hydrogen-bond donors (Lipinski definition) is 2. The molecule has 3 rings (SSSR count). The van der Waals surface area contributed by atoms with Gasteiger partial charge in [-0.15, -0.1) is 0 Å². The van der Waals surface area contributed by atoms with E-state index in [1.165, 1.54) is 6.92 Å². The molecule has 0 aliphatic heterocycles. The molecule has 24 heavy (non-hydrogen) atoms. The second kappa shape index (κ2) is 7.13. The molecule has 0 aliphatic carbocycles. The Bertz CT molecular complexity index is 836. The first-order valence-electron chi connectivity index (χ1n) is 7.39. The van der Waals surface area contributed by atoms with Crippen LogP contribution in [0.3, 0.4) is 0 Å². The van der Waals surface area contributed by atoms with Crippen LogP contribution in [-0.2, 0) is 13.0 Å². The largest absolute Gasteiger partial charge is 0.467 e. The minimum absolute atomic E-state index is 0.254. The zero-order chi connectivity index (χ0) is 17.3. The summed E-state index contributed by atoms with van der Waals surface area (Å²) in [4.78, 5) is 4.28. The quantitative estimate of drug-likeness (QED) is 0.571. The minimum atomic E-state index is -1.14. The van der Waals surface area contributed by atoms with E-state index in [2.05, 4.69) is 26.2 Å². The number of fused-ring (bicyclic) bond motifs is 1. The van der Waals surface area contributed by atoms with Gasteiger partial charge in [0.05, 0.1) is 23.0 Å². The van der Waals surface area contributed by atoms with Crippen molar-refractivity contribution in [1.82, 2.24) is 4.98 Å². The molecule has 0 saturated carbocycles. The van der Waals surface area contributed by atoms with E-state index in [4.69, 9.17) is 26.2 Å². The topological polar surface area (TPSA) is 77.2 Å². The molecule has 3 N–H and O–H groups in total. The molecule has 0 radical (unpaired) electrons. The van der Waals surface area contributed by atoms with Crippen LogP contribution in [-0.4, -0.2) is 17.2 Å². The van der Waals surface area contributed by atoms with Gasteiger partial charge in [0.15, 0.2) is 5.58 Å². The number of alkyl halides is 1. The molecule has 3 heterocycles. The number of nitrogens with zero attached hydrogens (tertiary/aromatic N) is 1. The summed E-state index contributed by atoms with van der Waals surface area (Å²) in [6.07, 6.45) is 0.718. The monoisotopic (exact) mass is 415 g/mol. The predicted octanol–water partition coefficient (Wildman–Crippen LogP) is 4.68. The van der Waals surface area contributed by atoms with E-state index < -0.39 is 12.2 Å². The Morgan fingerprint density at radius 3 is 2.96 bits per heavy atom. The Kier molecular flexibility index (Phi) is 5.12. The van der Waals surface area contributed by atoms with E-state index in [9.17, 15) is 4.39 Å². The van der Waals surface area contributed by atoms with Gasteiger partial charge in [-0.1, -0.05) is 11.6 Å². The summed E-state index contributed by atoms with van der Waals surface area (Å²) in [6, 6.07) is 4.69. The lowest BCUT2D eigenvalue weighted by molar-refractivity contribution is 0.295. The van der Waals surface area contributed by atoms with Crippen LogP contribution in [0.25, 0.3) is 11.1 Å². The molecule has 0 unspecified atom stereocenters. The highest BCUT2D eigenvalue weighted by atomic mass is 79.9. The maximum absolute atomic E-state index is 13.3. The van der Waals surface area contributed by atoms with Gasteiger partial charge in [0.1, 0.15) is 28.4 Å². The lowest BCUT2D eigenvalue weighted by Gasteiger charge is -2.10. The SMILES string of the molecule is C[C@H](F)[C@H](N)Cc1oc2c(NCc3ccco3)cc(Cl)nc2c1Br. The number of pyridine rings is 1. The summed E-state index contributed by atoms with van der Waals surface area (Å²) in [6.45, 7) is 1.89. The fourth-order valence-corrected chi connectivity index (χ4v) is 2.99. The van der Waals surface area contributed by atoms with Gasteiger partial charge in [-0.2, -0.15) is 0 Å². The molecule has 0 aliphatic rings. The summed E-state index contributed by atoms with van der Waals surface area (Å²) in [5.74, 6) is 1.31. The highest BCUT2D eigenvalue weighted by molar-refractivity contribution is 9.10. The number of rotatable bonds is 6. The number of nitrogens with one attached hydrogen (secondary N) is 1. The maximum atomic E-state index is 13.3. The smallest absolute Gasteiger partial charge is 0.177 e. The van der Waals surface area contributed by atoms with Crippen LogP contribution in [0.1, 0.15) is 18.4 Å². The molecule has 3 aromatic rings. The number of furan rings is 2. The number of nitrogens with two attached hydrogens (primary N) is 1. The van der Waals surface area contributed by atoms with Crippen LogP contribution >= 0.6 is 27.5 Å². The third kappa shape index (κ3) is 3.58. The Morgan fingerprint density at radius 2 is 2.29 bits per heavy atom. The van der Waals surface area contributed by atoms with Crippen LogP contribution < -0.4 is 11.1 Å². The zero-order valence-corrected chi connectivity index (χ0v) is 15.2. The van der Waals surface area contributed by atoms with Crippen molar-refractivity contribution in [3.8, 4) is 0 Å². The van der Waals surface area contributed by atoms with Crippen molar-refractivity contribution in [2.75, 3.05) is 5.32 Å². The molecule has 5 nitrogen and oxygen atoms in total. The number of aromatic nitrogens is 1. The first-order valence-corrected chi connectivity index (χ1v) is 8.56. The molecule has 0 amide bonds. The molecule has 0 bridgehead atoms. The molecule has 0 aromatic carbocycles. The minimum Gasteiger partial charge on any atom is -0.467 e. The van der Waals surface area contributed by atoms with Crippen molar-refractivity contribution >= 4 is 44.3 Å². The molecule has 0 saturated heterocycles. The van der Waals surface area contributed by atoms with Crippen LogP contribution in [0, 0.1) is 0 Å². The number of anilines is 1. The van der Waals surface area contributed by atoms with Gasteiger partial charge in [-0.25, -0.2) is 9.37 Å². The summed E-state index contributed by atoms with van der Waals surface area (Å²) in [7, 11) is 0. The Morgan fingerprint density at radius 1 is 1.50 bits per heavy atom. The summed E-state index contributed by atoms with van der Waals surface area (Å²) < 4.78 is 25.1. The molecule has 0 spiro atoms. The fourth-order valence-electron chi connectivity index (χ4n) is 2.29. The Balaban J connectivity index is 1.94. The molecule has 3 aromatic heterocycles. The molecule has 0 fully saturated rings. The lowest BCUT2D eigenvalue weighted by Crippen LogP contribution is -2.31. The van der Waals surface area contributed by atoms with E-state index in [0.717, 1.165) is 5.76 Å².